The Balaban J connectivity index is 1.49. The summed E-state index contributed by atoms with van der Waals surface area (Å²) in [6.07, 6.45) is 1.43. The van der Waals surface area contributed by atoms with Crippen LogP contribution in [-0.2, 0) is 0 Å². The van der Waals surface area contributed by atoms with Crippen molar-refractivity contribution in [3.63, 3.8) is 0 Å². The van der Waals surface area contributed by atoms with Crippen LogP contribution >= 0.6 is 0 Å². The highest BCUT2D eigenvalue weighted by molar-refractivity contribution is 5.64. The van der Waals surface area contributed by atoms with Crippen molar-refractivity contribution in [2.75, 3.05) is 36.4 Å². The lowest BCUT2D eigenvalue weighted by molar-refractivity contribution is 0.128. The van der Waals surface area contributed by atoms with Crippen molar-refractivity contribution in [1.82, 2.24) is 19.7 Å². The first-order valence-electron chi connectivity index (χ1n) is 10.4. The number of hydrogen-bond acceptors (Lipinski definition) is 5. The molecule has 0 aliphatic carbocycles. The van der Waals surface area contributed by atoms with Gasteiger partial charge in [-0.05, 0) is 63.6 Å². The predicted octanol–water partition coefficient (Wildman–Crippen LogP) is 4.52. The molecule has 4 rings (SSSR count). The second-order valence-corrected chi connectivity index (χ2v) is 8.97. The standard InChI is InChI=1S/C23H28F2N6/c1-16-9-19(14-20(10-16)29-5-7-30(8-6-29)23(2,3)4)27-22-26-15-31(28-22)21-12-17(24)11-18(25)13-21/h9-15H,5-8H2,1-4H3,(H,27,28). The van der Waals surface area contributed by atoms with Crippen LogP contribution in [0.1, 0.15) is 26.3 Å². The minimum absolute atomic E-state index is 0.181. The zero-order valence-corrected chi connectivity index (χ0v) is 18.4. The zero-order valence-electron chi connectivity index (χ0n) is 18.4. The third kappa shape index (κ3) is 5.02. The van der Waals surface area contributed by atoms with Crippen molar-refractivity contribution in [3.8, 4) is 5.69 Å². The van der Waals surface area contributed by atoms with E-state index >= 15 is 0 Å². The zero-order chi connectivity index (χ0) is 22.2. The Morgan fingerprint density at radius 1 is 0.871 bits per heavy atom. The number of piperazine rings is 1. The number of hydrogen-bond donors (Lipinski definition) is 1. The Labute approximate surface area is 181 Å². The maximum Gasteiger partial charge on any atom is 0.246 e. The van der Waals surface area contributed by atoms with Gasteiger partial charge in [-0.15, -0.1) is 5.10 Å². The quantitative estimate of drug-likeness (QED) is 0.665. The van der Waals surface area contributed by atoms with E-state index in [-0.39, 0.29) is 11.2 Å². The van der Waals surface area contributed by atoms with Crippen LogP contribution in [0, 0.1) is 18.6 Å². The number of aryl methyl sites for hydroxylation is 1. The monoisotopic (exact) mass is 426 g/mol. The summed E-state index contributed by atoms with van der Waals surface area (Å²) in [5.74, 6) is -0.955. The highest BCUT2D eigenvalue weighted by Gasteiger charge is 2.26. The van der Waals surface area contributed by atoms with Gasteiger partial charge < -0.3 is 10.2 Å². The minimum atomic E-state index is -0.658. The van der Waals surface area contributed by atoms with E-state index in [1.54, 1.807) is 0 Å². The highest BCUT2D eigenvalue weighted by Crippen LogP contribution is 2.26. The van der Waals surface area contributed by atoms with E-state index in [0.717, 1.165) is 49.2 Å². The Kier molecular flexibility index (Phi) is 5.66. The molecule has 1 aliphatic heterocycles. The van der Waals surface area contributed by atoms with Crippen molar-refractivity contribution >= 4 is 17.3 Å². The van der Waals surface area contributed by atoms with Gasteiger partial charge in [0, 0.05) is 49.2 Å². The molecular formula is C23H28F2N6. The van der Waals surface area contributed by atoms with Gasteiger partial charge in [0.25, 0.3) is 0 Å². The van der Waals surface area contributed by atoms with Crippen molar-refractivity contribution < 1.29 is 8.78 Å². The van der Waals surface area contributed by atoms with E-state index in [9.17, 15) is 8.78 Å². The fourth-order valence-corrected chi connectivity index (χ4v) is 3.90. The molecule has 0 bridgehead atoms. The summed E-state index contributed by atoms with van der Waals surface area (Å²) in [6, 6.07) is 9.54. The molecule has 0 amide bonds. The Morgan fingerprint density at radius 2 is 1.55 bits per heavy atom. The Hall–Kier alpha value is -3.00. The van der Waals surface area contributed by atoms with Crippen LogP contribution in [0.3, 0.4) is 0 Å². The molecule has 0 unspecified atom stereocenters. The van der Waals surface area contributed by atoms with Crippen molar-refractivity contribution in [2.45, 2.75) is 33.2 Å². The van der Waals surface area contributed by atoms with Crippen LogP contribution in [-0.4, -0.2) is 51.4 Å². The molecule has 0 radical (unpaired) electrons. The third-order valence-corrected chi connectivity index (χ3v) is 5.52. The fraction of sp³-hybridized carbons (Fsp3) is 0.391. The van der Waals surface area contributed by atoms with E-state index in [1.165, 1.54) is 23.1 Å². The van der Waals surface area contributed by atoms with Gasteiger partial charge in [-0.25, -0.2) is 13.5 Å². The maximum absolute atomic E-state index is 13.5. The number of nitrogens with zero attached hydrogens (tertiary/aromatic N) is 5. The number of benzene rings is 2. The van der Waals surface area contributed by atoms with Crippen molar-refractivity contribution in [2.24, 2.45) is 0 Å². The molecule has 1 N–H and O–H groups in total. The molecule has 1 aliphatic rings. The molecule has 0 spiro atoms. The first kappa shape index (κ1) is 21.2. The molecule has 3 aromatic rings. The van der Waals surface area contributed by atoms with Crippen LogP contribution in [0.5, 0.6) is 0 Å². The van der Waals surface area contributed by atoms with Gasteiger partial charge >= 0.3 is 0 Å². The molecule has 0 atom stereocenters. The minimum Gasteiger partial charge on any atom is -0.369 e. The second kappa shape index (κ2) is 8.26. The van der Waals surface area contributed by atoms with Crippen LogP contribution in [0.4, 0.5) is 26.1 Å². The molecule has 31 heavy (non-hydrogen) atoms. The number of rotatable bonds is 4. The van der Waals surface area contributed by atoms with Crippen LogP contribution in [0.2, 0.25) is 0 Å². The first-order chi connectivity index (χ1) is 14.7. The summed E-state index contributed by atoms with van der Waals surface area (Å²) < 4.78 is 28.3. The second-order valence-electron chi connectivity index (χ2n) is 8.97. The average molecular weight is 427 g/mol. The largest absolute Gasteiger partial charge is 0.369 e. The molecule has 6 nitrogen and oxygen atoms in total. The smallest absolute Gasteiger partial charge is 0.246 e. The lowest BCUT2D eigenvalue weighted by atomic mass is 10.0. The highest BCUT2D eigenvalue weighted by atomic mass is 19.1. The number of halogens is 2. The number of nitrogens with one attached hydrogen (secondary N) is 1. The van der Waals surface area contributed by atoms with Gasteiger partial charge in [0.2, 0.25) is 5.95 Å². The summed E-state index contributed by atoms with van der Waals surface area (Å²) >= 11 is 0. The predicted molar refractivity (Wildman–Crippen MR) is 119 cm³/mol. The Bertz CT molecular complexity index is 1040. The Morgan fingerprint density at radius 3 is 2.19 bits per heavy atom. The van der Waals surface area contributed by atoms with Crippen LogP contribution in [0.25, 0.3) is 5.69 Å². The number of aromatic nitrogens is 3. The van der Waals surface area contributed by atoms with E-state index < -0.39 is 11.6 Å². The average Bonchev–Trinajstić information content (AvgIpc) is 3.15. The summed E-state index contributed by atoms with van der Waals surface area (Å²) in [6.45, 7) is 12.8. The summed E-state index contributed by atoms with van der Waals surface area (Å²) in [5.41, 5.74) is 3.62. The summed E-state index contributed by atoms with van der Waals surface area (Å²) in [4.78, 5) is 9.13. The molecule has 2 heterocycles. The fourth-order valence-electron chi connectivity index (χ4n) is 3.90. The van der Waals surface area contributed by atoms with Crippen LogP contribution < -0.4 is 10.2 Å². The van der Waals surface area contributed by atoms with Crippen LogP contribution in [0.15, 0.2) is 42.7 Å². The topological polar surface area (TPSA) is 49.2 Å². The van der Waals surface area contributed by atoms with Crippen molar-refractivity contribution in [1.29, 1.82) is 0 Å². The molecule has 1 aromatic heterocycles. The van der Waals surface area contributed by atoms with Gasteiger partial charge in [-0.1, -0.05) is 0 Å². The molecule has 1 saturated heterocycles. The third-order valence-electron chi connectivity index (χ3n) is 5.52. The SMILES string of the molecule is Cc1cc(Nc2ncn(-c3cc(F)cc(F)c3)n2)cc(N2CCN(C(C)(C)C)CC2)c1. The summed E-state index contributed by atoms with van der Waals surface area (Å²) in [5, 5.41) is 7.52. The molecule has 8 heteroatoms. The molecule has 164 valence electrons. The molecular weight excluding hydrogens is 398 g/mol. The normalized spacial score (nSPS) is 15.4. The van der Waals surface area contributed by atoms with Crippen molar-refractivity contribution in [3.05, 3.63) is 59.9 Å². The van der Waals surface area contributed by atoms with Gasteiger partial charge in [0.05, 0.1) is 5.69 Å². The lowest BCUT2D eigenvalue weighted by Gasteiger charge is -2.43. The van der Waals surface area contributed by atoms with Gasteiger partial charge in [-0.3, -0.25) is 4.90 Å². The van der Waals surface area contributed by atoms with E-state index in [2.05, 4.69) is 65.0 Å². The van der Waals surface area contributed by atoms with E-state index in [0.29, 0.717) is 5.95 Å². The molecule has 1 fully saturated rings. The maximum atomic E-state index is 13.5. The lowest BCUT2D eigenvalue weighted by Crippen LogP contribution is -2.53. The van der Waals surface area contributed by atoms with Gasteiger partial charge in [0.15, 0.2) is 0 Å². The molecule has 2 aromatic carbocycles. The van der Waals surface area contributed by atoms with Gasteiger partial charge in [-0.2, -0.15) is 4.98 Å². The number of anilines is 3. The van der Waals surface area contributed by atoms with E-state index in [4.69, 9.17) is 0 Å². The summed E-state index contributed by atoms with van der Waals surface area (Å²) in [7, 11) is 0. The molecule has 0 saturated carbocycles. The first-order valence-corrected chi connectivity index (χ1v) is 10.4. The van der Waals surface area contributed by atoms with Gasteiger partial charge in [0.1, 0.15) is 18.0 Å². The van der Waals surface area contributed by atoms with E-state index in [1.807, 2.05) is 6.07 Å².